The fraction of sp³-hybridized carbons (Fsp3) is 0.600. The zero-order chi connectivity index (χ0) is 14.6. The van der Waals surface area contributed by atoms with Gasteiger partial charge in [-0.1, -0.05) is 12.1 Å². The van der Waals surface area contributed by atoms with Crippen molar-refractivity contribution in [1.29, 1.82) is 0 Å². The summed E-state index contributed by atoms with van der Waals surface area (Å²) in [6.07, 6.45) is 1.87. The second kappa shape index (κ2) is 6.61. The average Bonchev–Trinajstić information content (AvgIpc) is 2.49. The second-order valence-electron chi connectivity index (χ2n) is 5.14. The molecule has 2 rings (SSSR count). The smallest absolute Gasteiger partial charge is 0.162 e. The Hall–Kier alpha value is -1.04. The van der Waals surface area contributed by atoms with Gasteiger partial charge in [-0.05, 0) is 25.1 Å². The Morgan fingerprint density at radius 1 is 1.35 bits per heavy atom. The fourth-order valence-electron chi connectivity index (χ4n) is 2.89. The lowest BCUT2D eigenvalue weighted by Gasteiger charge is -2.42. The van der Waals surface area contributed by atoms with Crippen molar-refractivity contribution in [3.8, 4) is 0 Å². The average molecular weight is 285 g/mol. The normalized spacial score (nSPS) is 19.8. The van der Waals surface area contributed by atoms with E-state index in [9.17, 15) is 8.78 Å². The van der Waals surface area contributed by atoms with E-state index in [1.165, 1.54) is 6.07 Å². The second-order valence-corrected chi connectivity index (χ2v) is 5.14. The van der Waals surface area contributed by atoms with Crippen molar-refractivity contribution in [1.82, 2.24) is 5.32 Å². The Morgan fingerprint density at radius 3 is 2.65 bits per heavy atom. The summed E-state index contributed by atoms with van der Waals surface area (Å²) in [7, 11) is 3.48. The topological polar surface area (TPSA) is 30.5 Å². The van der Waals surface area contributed by atoms with Gasteiger partial charge in [0.15, 0.2) is 11.6 Å². The molecule has 0 bridgehead atoms. The fourth-order valence-corrected chi connectivity index (χ4v) is 2.89. The van der Waals surface area contributed by atoms with E-state index in [2.05, 4.69) is 5.32 Å². The van der Waals surface area contributed by atoms with Crippen molar-refractivity contribution < 1.29 is 18.3 Å². The van der Waals surface area contributed by atoms with Crippen LogP contribution in [0.4, 0.5) is 8.78 Å². The van der Waals surface area contributed by atoms with Gasteiger partial charge in [-0.3, -0.25) is 0 Å². The molecule has 0 aliphatic carbocycles. The molecule has 1 atom stereocenters. The summed E-state index contributed by atoms with van der Waals surface area (Å²) >= 11 is 0. The molecule has 1 aliphatic rings. The molecule has 0 aromatic heterocycles. The van der Waals surface area contributed by atoms with Gasteiger partial charge in [0.1, 0.15) is 0 Å². The van der Waals surface area contributed by atoms with Gasteiger partial charge in [-0.2, -0.15) is 0 Å². The van der Waals surface area contributed by atoms with Gasteiger partial charge in [0.05, 0.1) is 5.60 Å². The highest BCUT2D eigenvalue weighted by Crippen LogP contribution is 2.30. The maximum Gasteiger partial charge on any atom is 0.162 e. The molecule has 0 radical (unpaired) electrons. The third kappa shape index (κ3) is 3.00. The zero-order valence-corrected chi connectivity index (χ0v) is 11.9. The van der Waals surface area contributed by atoms with Crippen molar-refractivity contribution >= 4 is 0 Å². The summed E-state index contributed by atoms with van der Waals surface area (Å²) in [6.45, 7) is 1.25. The summed E-state index contributed by atoms with van der Waals surface area (Å²) < 4.78 is 38.2. The summed E-state index contributed by atoms with van der Waals surface area (Å²) in [6, 6.07) is 4.19. The third-order valence-electron chi connectivity index (χ3n) is 4.18. The minimum Gasteiger partial charge on any atom is -0.381 e. The minimum absolute atomic E-state index is 0.0901. The number of halogens is 2. The number of likely N-dealkylation sites (N-methyl/N-ethyl adjacent to an activating group) is 1. The zero-order valence-electron chi connectivity index (χ0n) is 11.9. The van der Waals surface area contributed by atoms with Crippen LogP contribution in [0.15, 0.2) is 18.2 Å². The molecule has 0 spiro atoms. The third-order valence-corrected chi connectivity index (χ3v) is 4.18. The van der Waals surface area contributed by atoms with E-state index < -0.39 is 17.2 Å². The van der Waals surface area contributed by atoms with Gasteiger partial charge in [0.25, 0.3) is 0 Å². The van der Waals surface area contributed by atoms with Gasteiger partial charge in [-0.25, -0.2) is 8.78 Å². The van der Waals surface area contributed by atoms with Gasteiger partial charge in [-0.15, -0.1) is 0 Å². The summed E-state index contributed by atoms with van der Waals surface area (Å²) in [4.78, 5) is 0. The molecule has 1 aliphatic heterocycles. The Kier molecular flexibility index (Phi) is 5.07. The molecule has 1 aromatic rings. The number of hydrogen-bond acceptors (Lipinski definition) is 3. The molecule has 1 N–H and O–H groups in total. The first-order valence-corrected chi connectivity index (χ1v) is 6.86. The van der Waals surface area contributed by atoms with Crippen molar-refractivity contribution in [2.45, 2.75) is 30.9 Å². The molecule has 1 fully saturated rings. The van der Waals surface area contributed by atoms with Crippen LogP contribution in [0.3, 0.4) is 0 Å². The molecular weight excluding hydrogens is 264 g/mol. The monoisotopic (exact) mass is 285 g/mol. The summed E-state index contributed by atoms with van der Waals surface area (Å²) in [5.74, 6) is -1.58. The Labute approximate surface area is 118 Å². The van der Waals surface area contributed by atoms with Gasteiger partial charge >= 0.3 is 0 Å². The van der Waals surface area contributed by atoms with E-state index in [-0.39, 0.29) is 6.04 Å². The first-order valence-electron chi connectivity index (χ1n) is 6.86. The van der Waals surface area contributed by atoms with Crippen LogP contribution in [0.2, 0.25) is 0 Å². The van der Waals surface area contributed by atoms with E-state index >= 15 is 0 Å². The highest BCUT2D eigenvalue weighted by Gasteiger charge is 2.40. The van der Waals surface area contributed by atoms with Crippen LogP contribution in [0.5, 0.6) is 0 Å². The lowest BCUT2D eigenvalue weighted by Crippen LogP contribution is -2.55. The molecule has 5 heteroatoms. The Bertz CT molecular complexity index is 447. The lowest BCUT2D eigenvalue weighted by molar-refractivity contribution is -0.109. The van der Waals surface area contributed by atoms with E-state index in [1.54, 1.807) is 13.2 Å². The van der Waals surface area contributed by atoms with Crippen LogP contribution in [0.25, 0.3) is 0 Å². The molecule has 0 saturated carbocycles. The maximum absolute atomic E-state index is 13.8. The molecule has 3 nitrogen and oxygen atoms in total. The quantitative estimate of drug-likeness (QED) is 0.900. The van der Waals surface area contributed by atoms with E-state index in [4.69, 9.17) is 9.47 Å². The Morgan fingerprint density at radius 2 is 2.05 bits per heavy atom. The SMILES string of the molecule is CNC(Cc1cccc(F)c1F)C1(OC)CCOCC1. The maximum atomic E-state index is 13.8. The number of rotatable bonds is 5. The van der Waals surface area contributed by atoms with Crippen LogP contribution in [0.1, 0.15) is 18.4 Å². The predicted molar refractivity (Wildman–Crippen MR) is 72.7 cm³/mol. The molecule has 0 amide bonds. The van der Waals surface area contributed by atoms with Gasteiger partial charge in [0.2, 0.25) is 0 Å². The number of nitrogens with one attached hydrogen (secondary N) is 1. The van der Waals surface area contributed by atoms with Crippen molar-refractivity contribution in [3.63, 3.8) is 0 Å². The number of hydrogen-bond donors (Lipinski definition) is 1. The van der Waals surface area contributed by atoms with Crippen molar-refractivity contribution in [3.05, 3.63) is 35.4 Å². The highest BCUT2D eigenvalue weighted by molar-refractivity contribution is 5.21. The number of ether oxygens (including phenoxy) is 2. The van der Waals surface area contributed by atoms with Crippen LogP contribution in [0, 0.1) is 11.6 Å². The van der Waals surface area contributed by atoms with Gasteiger partial charge < -0.3 is 14.8 Å². The van der Waals surface area contributed by atoms with Crippen molar-refractivity contribution in [2.24, 2.45) is 0 Å². The molecule has 1 aromatic carbocycles. The van der Waals surface area contributed by atoms with Gasteiger partial charge in [0, 0.05) is 39.2 Å². The van der Waals surface area contributed by atoms with E-state index in [0.717, 1.165) is 18.9 Å². The van der Waals surface area contributed by atoms with Crippen LogP contribution in [-0.2, 0) is 15.9 Å². The molecule has 1 saturated heterocycles. The van der Waals surface area contributed by atoms with E-state index in [1.807, 2.05) is 7.05 Å². The van der Waals surface area contributed by atoms with Crippen molar-refractivity contribution in [2.75, 3.05) is 27.4 Å². The molecule has 20 heavy (non-hydrogen) atoms. The first-order chi connectivity index (χ1) is 9.63. The van der Waals surface area contributed by atoms with Crippen LogP contribution in [-0.4, -0.2) is 39.0 Å². The molecule has 1 heterocycles. The molecular formula is C15H21F2NO2. The Balaban J connectivity index is 2.21. The number of methoxy groups -OCH3 is 1. The minimum atomic E-state index is -0.809. The van der Waals surface area contributed by atoms with Crippen LogP contribution < -0.4 is 5.32 Å². The summed E-state index contributed by atoms with van der Waals surface area (Å²) in [5, 5.41) is 3.19. The predicted octanol–water partition coefficient (Wildman–Crippen LogP) is 2.29. The lowest BCUT2D eigenvalue weighted by atomic mass is 9.82. The molecule has 112 valence electrons. The highest BCUT2D eigenvalue weighted by atomic mass is 19.2. The largest absolute Gasteiger partial charge is 0.381 e. The first kappa shape index (κ1) is 15.4. The van der Waals surface area contributed by atoms with Crippen LogP contribution >= 0.6 is 0 Å². The molecule has 1 unspecified atom stereocenters. The standard InChI is InChI=1S/C15H21F2NO2/c1-18-13(15(19-2)6-8-20-9-7-15)10-11-4-3-5-12(16)14(11)17/h3-5,13,18H,6-10H2,1-2H3. The number of benzene rings is 1. The summed E-state index contributed by atoms with van der Waals surface area (Å²) in [5.41, 5.74) is -0.0292. The van der Waals surface area contributed by atoms with E-state index in [0.29, 0.717) is 25.2 Å².